The maximum atomic E-state index is 12.1. The van der Waals surface area contributed by atoms with Crippen molar-refractivity contribution in [3.63, 3.8) is 0 Å². The molecule has 200 valence electrons. The average Bonchev–Trinajstić information content (AvgIpc) is 2.81. The second-order valence-electron chi connectivity index (χ2n) is 8.61. The SMILES string of the molecule is COCCCCCCSCC(=O)Nc1ccc(CCC(=O)NCCCCCCOP(C)(=O)O)cc1. The van der Waals surface area contributed by atoms with Gasteiger partial charge in [0.25, 0.3) is 0 Å². The molecule has 1 aromatic carbocycles. The van der Waals surface area contributed by atoms with Crippen molar-refractivity contribution in [1.82, 2.24) is 5.32 Å². The Morgan fingerprint density at radius 2 is 1.60 bits per heavy atom. The molecule has 0 saturated heterocycles. The summed E-state index contributed by atoms with van der Waals surface area (Å²) in [6.07, 6.45) is 9.06. The van der Waals surface area contributed by atoms with Crippen LogP contribution in [0.25, 0.3) is 0 Å². The van der Waals surface area contributed by atoms with Crippen LogP contribution in [0.2, 0.25) is 0 Å². The normalized spacial score (nSPS) is 12.8. The highest BCUT2D eigenvalue weighted by Crippen LogP contribution is 2.36. The van der Waals surface area contributed by atoms with E-state index in [2.05, 4.69) is 10.6 Å². The van der Waals surface area contributed by atoms with Gasteiger partial charge in [0.15, 0.2) is 0 Å². The molecule has 10 heteroatoms. The first-order valence-electron chi connectivity index (χ1n) is 12.5. The lowest BCUT2D eigenvalue weighted by Crippen LogP contribution is -2.24. The van der Waals surface area contributed by atoms with Crippen LogP contribution in [-0.4, -0.2) is 61.7 Å². The summed E-state index contributed by atoms with van der Waals surface area (Å²) in [4.78, 5) is 33.2. The maximum absolute atomic E-state index is 12.1. The van der Waals surface area contributed by atoms with Gasteiger partial charge in [-0.15, -0.1) is 0 Å². The number of hydrogen-bond donors (Lipinski definition) is 3. The molecule has 0 aliphatic carbocycles. The largest absolute Gasteiger partial charge is 0.385 e. The maximum Gasteiger partial charge on any atom is 0.325 e. The van der Waals surface area contributed by atoms with Crippen LogP contribution in [0.5, 0.6) is 0 Å². The van der Waals surface area contributed by atoms with Gasteiger partial charge < -0.3 is 24.8 Å². The number of amides is 2. The smallest absolute Gasteiger partial charge is 0.325 e. The third kappa shape index (κ3) is 19.5. The molecule has 1 rings (SSSR count). The number of anilines is 1. The standard InChI is InChI=1S/C25H43N2O6PS/c1-32-18-8-5-6-10-20-35-21-25(29)27-23-14-11-22(12-15-23)13-16-24(28)26-17-7-3-4-9-19-33-34(2,30)31/h11-12,14-15H,3-10,13,16-21H2,1-2H3,(H,26,28)(H,27,29)(H,30,31). The monoisotopic (exact) mass is 530 g/mol. The van der Waals surface area contributed by atoms with E-state index in [0.717, 1.165) is 62.1 Å². The van der Waals surface area contributed by atoms with E-state index in [1.807, 2.05) is 24.3 Å². The minimum absolute atomic E-state index is 0.00722. The Balaban J connectivity index is 2.07. The Kier molecular flexibility index (Phi) is 17.9. The van der Waals surface area contributed by atoms with Gasteiger partial charge in [-0.05, 0) is 55.6 Å². The van der Waals surface area contributed by atoms with E-state index in [9.17, 15) is 14.2 Å². The first kappa shape index (κ1) is 31.6. The van der Waals surface area contributed by atoms with Crippen LogP contribution >= 0.6 is 19.4 Å². The van der Waals surface area contributed by atoms with Crippen LogP contribution in [-0.2, 0) is 29.8 Å². The van der Waals surface area contributed by atoms with E-state index in [1.165, 1.54) is 19.5 Å². The molecule has 35 heavy (non-hydrogen) atoms. The zero-order valence-electron chi connectivity index (χ0n) is 21.3. The number of aryl methyl sites for hydroxylation is 1. The van der Waals surface area contributed by atoms with Crippen LogP contribution in [0.1, 0.15) is 63.4 Å². The molecule has 0 spiro atoms. The van der Waals surface area contributed by atoms with Crippen molar-refractivity contribution >= 4 is 36.9 Å². The lowest BCUT2D eigenvalue weighted by molar-refractivity contribution is -0.121. The second-order valence-corrected chi connectivity index (χ2v) is 11.6. The zero-order chi connectivity index (χ0) is 25.8. The van der Waals surface area contributed by atoms with Crippen molar-refractivity contribution in [2.75, 3.05) is 50.4 Å². The van der Waals surface area contributed by atoms with Crippen LogP contribution in [0.15, 0.2) is 24.3 Å². The van der Waals surface area contributed by atoms with Crippen molar-refractivity contribution in [3.8, 4) is 0 Å². The summed E-state index contributed by atoms with van der Waals surface area (Å²) >= 11 is 1.66. The fraction of sp³-hybridized carbons (Fsp3) is 0.680. The zero-order valence-corrected chi connectivity index (χ0v) is 23.0. The predicted octanol–water partition coefficient (Wildman–Crippen LogP) is 5.01. The number of unbranched alkanes of at least 4 members (excludes halogenated alkanes) is 6. The van der Waals surface area contributed by atoms with Gasteiger partial charge in [0.05, 0.1) is 12.4 Å². The fourth-order valence-corrected chi connectivity index (χ4v) is 4.59. The highest BCUT2D eigenvalue weighted by atomic mass is 32.2. The summed E-state index contributed by atoms with van der Waals surface area (Å²) in [5, 5.41) is 5.85. The summed E-state index contributed by atoms with van der Waals surface area (Å²) in [7, 11) is -1.65. The first-order valence-corrected chi connectivity index (χ1v) is 15.6. The average molecular weight is 531 g/mol. The molecule has 1 unspecified atom stereocenters. The highest BCUT2D eigenvalue weighted by Gasteiger charge is 2.08. The van der Waals surface area contributed by atoms with Crippen LogP contribution < -0.4 is 10.6 Å². The summed E-state index contributed by atoms with van der Waals surface area (Å²) < 4.78 is 20.9. The van der Waals surface area contributed by atoms with Crippen molar-refractivity contribution in [2.45, 2.75) is 64.2 Å². The predicted molar refractivity (Wildman–Crippen MR) is 144 cm³/mol. The van der Waals surface area contributed by atoms with Gasteiger partial charge in [-0.25, -0.2) is 0 Å². The molecule has 3 N–H and O–H groups in total. The van der Waals surface area contributed by atoms with E-state index in [-0.39, 0.29) is 18.4 Å². The van der Waals surface area contributed by atoms with Crippen LogP contribution in [0, 0.1) is 0 Å². The Morgan fingerprint density at radius 3 is 2.29 bits per heavy atom. The number of carbonyl (C=O) groups excluding carboxylic acids is 2. The van der Waals surface area contributed by atoms with Gasteiger partial charge >= 0.3 is 7.60 Å². The molecule has 2 amide bonds. The van der Waals surface area contributed by atoms with E-state index in [0.29, 0.717) is 25.1 Å². The number of methoxy groups -OCH3 is 1. The van der Waals surface area contributed by atoms with Gasteiger partial charge in [-0.2, -0.15) is 11.8 Å². The highest BCUT2D eigenvalue weighted by molar-refractivity contribution is 7.99. The van der Waals surface area contributed by atoms with E-state index in [4.69, 9.17) is 14.2 Å². The van der Waals surface area contributed by atoms with Crippen molar-refractivity contribution < 1.29 is 28.3 Å². The Morgan fingerprint density at radius 1 is 0.943 bits per heavy atom. The van der Waals surface area contributed by atoms with E-state index >= 15 is 0 Å². The molecule has 0 aromatic heterocycles. The van der Waals surface area contributed by atoms with Gasteiger partial charge in [-0.1, -0.05) is 37.8 Å². The molecule has 8 nitrogen and oxygen atoms in total. The van der Waals surface area contributed by atoms with Gasteiger partial charge in [0, 0.05) is 39.0 Å². The third-order valence-electron chi connectivity index (χ3n) is 5.22. The fourth-order valence-electron chi connectivity index (χ4n) is 3.31. The molecule has 0 fully saturated rings. The summed E-state index contributed by atoms with van der Waals surface area (Å²) in [5.74, 6) is 1.47. The molecular weight excluding hydrogens is 487 g/mol. The van der Waals surface area contributed by atoms with Crippen LogP contribution in [0.4, 0.5) is 5.69 Å². The van der Waals surface area contributed by atoms with Gasteiger partial charge in [0.2, 0.25) is 11.8 Å². The molecule has 0 aliphatic heterocycles. The topological polar surface area (TPSA) is 114 Å². The number of thioether (sulfide) groups is 1. The number of carbonyl (C=O) groups is 2. The van der Waals surface area contributed by atoms with Gasteiger partial charge in [-0.3, -0.25) is 14.2 Å². The van der Waals surface area contributed by atoms with Gasteiger partial charge in [0.1, 0.15) is 0 Å². The molecule has 0 aliphatic rings. The van der Waals surface area contributed by atoms with Crippen molar-refractivity contribution in [2.24, 2.45) is 0 Å². The van der Waals surface area contributed by atoms with E-state index < -0.39 is 7.60 Å². The minimum atomic E-state index is -3.37. The third-order valence-corrected chi connectivity index (χ3v) is 6.93. The molecule has 0 saturated carbocycles. The molecule has 1 atom stereocenters. The first-order chi connectivity index (χ1) is 16.8. The molecular formula is C25H43N2O6PS. The Labute approximate surface area is 214 Å². The Hall–Kier alpha value is -1.38. The number of nitrogens with one attached hydrogen (secondary N) is 2. The summed E-state index contributed by atoms with van der Waals surface area (Å²) in [5.41, 5.74) is 1.83. The minimum Gasteiger partial charge on any atom is -0.385 e. The molecule has 0 bridgehead atoms. The van der Waals surface area contributed by atoms with Crippen LogP contribution in [0.3, 0.4) is 0 Å². The molecule has 0 heterocycles. The van der Waals surface area contributed by atoms with E-state index in [1.54, 1.807) is 18.9 Å². The Bertz CT molecular complexity index is 757. The second kappa shape index (κ2) is 19.8. The van der Waals surface area contributed by atoms with Crippen molar-refractivity contribution in [1.29, 1.82) is 0 Å². The summed E-state index contributed by atoms with van der Waals surface area (Å²) in [6.45, 7) is 2.92. The number of rotatable bonds is 21. The van der Waals surface area contributed by atoms with Crippen molar-refractivity contribution in [3.05, 3.63) is 29.8 Å². The lowest BCUT2D eigenvalue weighted by atomic mass is 10.1. The molecule has 0 radical (unpaired) electrons. The summed E-state index contributed by atoms with van der Waals surface area (Å²) in [6, 6.07) is 7.65. The quantitative estimate of drug-likeness (QED) is 0.151. The number of benzene rings is 1. The number of ether oxygens (including phenoxy) is 1. The molecule has 1 aromatic rings. The number of hydrogen-bond acceptors (Lipinski definition) is 6. The lowest BCUT2D eigenvalue weighted by Gasteiger charge is -2.08.